The van der Waals surface area contributed by atoms with Crippen LogP contribution < -0.4 is 0 Å². The number of nitrogens with zero attached hydrogens (tertiary/aromatic N) is 1. The Morgan fingerprint density at radius 3 is 2.32 bits per heavy atom. The molecule has 0 amide bonds. The standard InChI is InChI=1S/C15H13NO3/c1-11(17)19-16-15(12-7-3-2-4-8-12)13-9-5-6-10-14(13)18/h2-10,18H,1H3. The van der Waals surface area contributed by atoms with Crippen LogP contribution in [0.4, 0.5) is 0 Å². The molecule has 0 fully saturated rings. The molecule has 96 valence electrons. The van der Waals surface area contributed by atoms with Crippen molar-refractivity contribution in [3.05, 3.63) is 65.7 Å². The molecular formula is C15H13NO3. The normalized spacial score (nSPS) is 11.1. The van der Waals surface area contributed by atoms with Crippen LogP contribution in [0.25, 0.3) is 0 Å². The molecule has 2 aromatic carbocycles. The van der Waals surface area contributed by atoms with E-state index in [1.165, 1.54) is 6.92 Å². The van der Waals surface area contributed by atoms with E-state index in [1.807, 2.05) is 30.3 Å². The maximum atomic E-state index is 10.9. The van der Waals surface area contributed by atoms with Crippen molar-refractivity contribution >= 4 is 11.7 Å². The lowest BCUT2D eigenvalue weighted by molar-refractivity contribution is -0.140. The van der Waals surface area contributed by atoms with Gasteiger partial charge in [0, 0.05) is 18.1 Å². The average Bonchev–Trinajstić information content (AvgIpc) is 2.42. The smallest absolute Gasteiger partial charge is 0.332 e. The lowest BCUT2D eigenvalue weighted by Gasteiger charge is -2.07. The summed E-state index contributed by atoms with van der Waals surface area (Å²) < 4.78 is 0. The second kappa shape index (κ2) is 5.82. The van der Waals surface area contributed by atoms with Crippen molar-refractivity contribution in [2.45, 2.75) is 6.92 Å². The largest absolute Gasteiger partial charge is 0.507 e. The molecule has 0 saturated carbocycles. The van der Waals surface area contributed by atoms with Gasteiger partial charge in [0.05, 0.1) is 0 Å². The minimum Gasteiger partial charge on any atom is -0.507 e. The fourth-order valence-electron chi connectivity index (χ4n) is 1.64. The molecule has 0 heterocycles. The molecule has 0 aliphatic heterocycles. The summed E-state index contributed by atoms with van der Waals surface area (Å²) in [4.78, 5) is 15.6. The molecule has 0 radical (unpaired) electrons. The predicted molar refractivity (Wildman–Crippen MR) is 72.0 cm³/mol. The first-order valence-corrected chi connectivity index (χ1v) is 5.78. The van der Waals surface area contributed by atoms with E-state index in [0.29, 0.717) is 11.3 Å². The van der Waals surface area contributed by atoms with Crippen molar-refractivity contribution in [3.8, 4) is 5.75 Å². The van der Waals surface area contributed by atoms with Crippen LogP contribution in [0.15, 0.2) is 59.8 Å². The van der Waals surface area contributed by atoms with Gasteiger partial charge in [-0.25, -0.2) is 4.79 Å². The molecule has 2 aromatic rings. The number of hydrogen-bond acceptors (Lipinski definition) is 4. The lowest BCUT2D eigenvalue weighted by Crippen LogP contribution is -2.06. The number of phenolic OH excluding ortho intramolecular Hbond substituents is 1. The molecule has 0 aliphatic rings. The predicted octanol–water partition coefficient (Wildman–Crippen LogP) is 2.71. The monoisotopic (exact) mass is 255 g/mol. The number of phenols is 1. The molecule has 0 saturated heterocycles. The third kappa shape index (κ3) is 3.19. The Kier molecular flexibility index (Phi) is 3.93. The van der Waals surface area contributed by atoms with Crippen LogP contribution in [0.5, 0.6) is 5.75 Å². The van der Waals surface area contributed by atoms with Crippen LogP contribution >= 0.6 is 0 Å². The Hall–Kier alpha value is -2.62. The second-order valence-electron chi connectivity index (χ2n) is 3.91. The average molecular weight is 255 g/mol. The van der Waals surface area contributed by atoms with E-state index in [9.17, 15) is 9.90 Å². The molecule has 0 aromatic heterocycles. The van der Waals surface area contributed by atoms with E-state index < -0.39 is 5.97 Å². The summed E-state index contributed by atoms with van der Waals surface area (Å²) in [5, 5.41) is 13.7. The zero-order valence-corrected chi connectivity index (χ0v) is 10.4. The number of benzene rings is 2. The molecule has 0 bridgehead atoms. The van der Waals surface area contributed by atoms with E-state index in [4.69, 9.17) is 4.84 Å². The van der Waals surface area contributed by atoms with E-state index >= 15 is 0 Å². The zero-order valence-electron chi connectivity index (χ0n) is 10.4. The maximum absolute atomic E-state index is 10.9. The number of aromatic hydroxyl groups is 1. The van der Waals surface area contributed by atoms with Crippen LogP contribution in [0.3, 0.4) is 0 Å². The SMILES string of the molecule is CC(=O)ON=C(c1ccccc1)c1ccccc1O. The summed E-state index contributed by atoms with van der Waals surface area (Å²) >= 11 is 0. The summed E-state index contributed by atoms with van der Waals surface area (Å²) in [7, 11) is 0. The van der Waals surface area contributed by atoms with Gasteiger partial charge >= 0.3 is 5.97 Å². The molecule has 2 rings (SSSR count). The van der Waals surface area contributed by atoms with Crippen LogP contribution in [0, 0.1) is 0 Å². The zero-order chi connectivity index (χ0) is 13.7. The van der Waals surface area contributed by atoms with Crippen molar-refractivity contribution in [2.75, 3.05) is 0 Å². The second-order valence-corrected chi connectivity index (χ2v) is 3.91. The summed E-state index contributed by atoms with van der Waals surface area (Å²) in [6, 6.07) is 16.0. The summed E-state index contributed by atoms with van der Waals surface area (Å²) in [6.45, 7) is 1.27. The van der Waals surface area contributed by atoms with Crippen LogP contribution in [0.1, 0.15) is 18.1 Å². The maximum Gasteiger partial charge on any atom is 0.332 e. The topological polar surface area (TPSA) is 58.9 Å². The first-order valence-electron chi connectivity index (χ1n) is 5.78. The molecule has 4 heteroatoms. The first-order chi connectivity index (χ1) is 9.18. The highest BCUT2D eigenvalue weighted by Gasteiger charge is 2.12. The van der Waals surface area contributed by atoms with Gasteiger partial charge in [0.2, 0.25) is 0 Å². The summed E-state index contributed by atoms with van der Waals surface area (Å²) in [5.41, 5.74) is 1.68. The molecule has 4 nitrogen and oxygen atoms in total. The van der Waals surface area contributed by atoms with E-state index in [2.05, 4.69) is 5.16 Å². The Labute approximate surface area is 111 Å². The fourth-order valence-corrected chi connectivity index (χ4v) is 1.64. The summed E-state index contributed by atoms with van der Waals surface area (Å²) in [6.07, 6.45) is 0. The summed E-state index contributed by atoms with van der Waals surface area (Å²) in [5.74, 6) is -0.430. The first kappa shape index (κ1) is 12.8. The number of hydrogen-bond donors (Lipinski definition) is 1. The Bertz CT molecular complexity index is 606. The molecular weight excluding hydrogens is 242 g/mol. The quantitative estimate of drug-likeness (QED) is 0.521. The van der Waals surface area contributed by atoms with Gasteiger partial charge in [-0.15, -0.1) is 0 Å². The molecule has 0 atom stereocenters. The van der Waals surface area contributed by atoms with Crippen molar-refractivity contribution in [2.24, 2.45) is 5.16 Å². The highest BCUT2D eigenvalue weighted by molar-refractivity contribution is 6.14. The van der Waals surface area contributed by atoms with Crippen molar-refractivity contribution in [1.29, 1.82) is 0 Å². The number of para-hydroxylation sites is 1. The van der Waals surface area contributed by atoms with E-state index in [0.717, 1.165) is 5.56 Å². The molecule has 0 spiro atoms. The fraction of sp³-hybridized carbons (Fsp3) is 0.0667. The van der Waals surface area contributed by atoms with Gasteiger partial charge in [-0.1, -0.05) is 47.6 Å². The van der Waals surface area contributed by atoms with Gasteiger partial charge in [-0.2, -0.15) is 0 Å². The molecule has 19 heavy (non-hydrogen) atoms. The van der Waals surface area contributed by atoms with E-state index in [-0.39, 0.29) is 5.75 Å². The van der Waals surface area contributed by atoms with Crippen molar-refractivity contribution in [1.82, 2.24) is 0 Å². The van der Waals surface area contributed by atoms with Crippen molar-refractivity contribution < 1.29 is 14.7 Å². The number of carbonyl (C=O) groups excluding carboxylic acids is 1. The van der Waals surface area contributed by atoms with Gasteiger partial charge in [0.1, 0.15) is 11.5 Å². The van der Waals surface area contributed by atoms with Gasteiger partial charge in [-0.3, -0.25) is 0 Å². The highest BCUT2D eigenvalue weighted by atomic mass is 16.7. The minimum absolute atomic E-state index is 0.0808. The lowest BCUT2D eigenvalue weighted by atomic mass is 10.0. The molecule has 0 unspecified atom stereocenters. The minimum atomic E-state index is -0.510. The van der Waals surface area contributed by atoms with Crippen LogP contribution in [0.2, 0.25) is 0 Å². The third-order valence-corrected chi connectivity index (χ3v) is 2.47. The Morgan fingerprint density at radius 2 is 1.68 bits per heavy atom. The Balaban J connectivity index is 2.50. The van der Waals surface area contributed by atoms with Gasteiger partial charge in [-0.05, 0) is 12.1 Å². The number of rotatable bonds is 3. The van der Waals surface area contributed by atoms with E-state index in [1.54, 1.807) is 24.3 Å². The third-order valence-electron chi connectivity index (χ3n) is 2.47. The highest BCUT2D eigenvalue weighted by Crippen LogP contribution is 2.20. The van der Waals surface area contributed by atoms with Gasteiger partial charge in [0.15, 0.2) is 0 Å². The van der Waals surface area contributed by atoms with Gasteiger partial charge in [0.25, 0.3) is 0 Å². The molecule has 1 N–H and O–H groups in total. The van der Waals surface area contributed by atoms with Gasteiger partial charge < -0.3 is 9.94 Å². The van der Waals surface area contributed by atoms with Crippen molar-refractivity contribution in [3.63, 3.8) is 0 Å². The molecule has 0 aliphatic carbocycles. The Morgan fingerprint density at radius 1 is 1.05 bits per heavy atom. The number of oxime groups is 1. The van der Waals surface area contributed by atoms with Crippen LogP contribution in [-0.4, -0.2) is 16.8 Å². The van der Waals surface area contributed by atoms with Crippen LogP contribution in [-0.2, 0) is 9.63 Å². The number of carbonyl (C=O) groups is 1.